The van der Waals surface area contributed by atoms with Gasteiger partial charge in [-0.15, -0.1) is 0 Å². The van der Waals surface area contributed by atoms with Crippen LogP contribution in [0.15, 0.2) is 24.3 Å². The molecule has 1 unspecified atom stereocenters. The van der Waals surface area contributed by atoms with Crippen LogP contribution in [0.5, 0.6) is 11.5 Å². The molecule has 102 valence electrons. The van der Waals surface area contributed by atoms with Crippen molar-refractivity contribution in [3.05, 3.63) is 29.8 Å². The van der Waals surface area contributed by atoms with E-state index in [1.54, 1.807) is 25.3 Å². The maximum atomic E-state index is 10.5. The number of ether oxygens (including phenoxy) is 3. The van der Waals surface area contributed by atoms with E-state index in [1.807, 2.05) is 0 Å². The fourth-order valence-corrected chi connectivity index (χ4v) is 1.84. The molecule has 1 aromatic carbocycles. The highest BCUT2D eigenvalue weighted by atomic mass is 16.6. The maximum Gasteiger partial charge on any atom is 0.328 e. The molecule has 1 heterocycles. The predicted molar refractivity (Wildman–Crippen MR) is 69.5 cm³/mol. The highest BCUT2D eigenvalue weighted by Crippen LogP contribution is 2.30. The molecule has 1 N–H and O–H groups in total. The molecule has 1 aromatic rings. The fraction of sp³-hybridized carbons (Fsp3) is 0.357. The number of hydrogen-bond acceptors (Lipinski definition) is 4. The molecule has 0 aliphatic carbocycles. The third kappa shape index (κ3) is 3.72. The summed E-state index contributed by atoms with van der Waals surface area (Å²) in [6.07, 6.45) is 3.47. The minimum atomic E-state index is -0.984. The lowest BCUT2D eigenvalue weighted by Crippen LogP contribution is -2.16. The van der Waals surface area contributed by atoms with Crippen LogP contribution in [-0.2, 0) is 9.53 Å². The van der Waals surface area contributed by atoms with Crippen LogP contribution in [0.3, 0.4) is 0 Å². The van der Waals surface area contributed by atoms with E-state index in [0.717, 1.165) is 18.1 Å². The van der Waals surface area contributed by atoms with Crippen LogP contribution < -0.4 is 9.47 Å². The van der Waals surface area contributed by atoms with E-state index in [9.17, 15) is 4.79 Å². The summed E-state index contributed by atoms with van der Waals surface area (Å²) in [5.41, 5.74) is 0.747. The Labute approximate surface area is 111 Å². The summed E-state index contributed by atoms with van der Waals surface area (Å²) < 4.78 is 16.3. The first-order valence-electron chi connectivity index (χ1n) is 6.02. The van der Waals surface area contributed by atoms with Gasteiger partial charge in [-0.05, 0) is 23.8 Å². The highest BCUT2D eigenvalue weighted by Gasteiger charge is 2.19. The van der Waals surface area contributed by atoms with E-state index >= 15 is 0 Å². The van der Waals surface area contributed by atoms with Crippen molar-refractivity contribution in [1.82, 2.24) is 0 Å². The molecule has 19 heavy (non-hydrogen) atoms. The largest absolute Gasteiger partial charge is 0.493 e. The molecule has 2 rings (SSSR count). The van der Waals surface area contributed by atoms with Gasteiger partial charge in [0.05, 0.1) is 20.3 Å². The SMILES string of the molecule is COc1ccc(C=CC(=O)O)cc1OC1CCOC1. The third-order valence-electron chi connectivity index (χ3n) is 2.79. The molecule has 0 amide bonds. The number of carboxylic acids is 1. The van der Waals surface area contributed by atoms with Gasteiger partial charge in [-0.25, -0.2) is 4.79 Å². The number of methoxy groups -OCH3 is 1. The summed E-state index contributed by atoms with van der Waals surface area (Å²) in [6, 6.07) is 5.29. The van der Waals surface area contributed by atoms with Crippen LogP contribution in [0.2, 0.25) is 0 Å². The van der Waals surface area contributed by atoms with Crippen LogP contribution in [0.4, 0.5) is 0 Å². The number of carbonyl (C=O) groups is 1. The average molecular weight is 264 g/mol. The van der Waals surface area contributed by atoms with Gasteiger partial charge in [-0.3, -0.25) is 0 Å². The van der Waals surface area contributed by atoms with E-state index < -0.39 is 5.97 Å². The number of rotatable bonds is 5. The first kappa shape index (κ1) is 13.4. The van der Waals surface area contributed by atoms with Crippen LogP contribution in [0, 0.1) is 0 Å². The van der Waals surface area contributed by atoms with Gasteiger partial charge < -0.3 is 19.3 Å². The minimum absolute atomic E-state index is 0.0209. The normalized spacial score (nSPS) is 18.7. The molecular weight excluding hydrogens is 248 g/mol. The zero-order chi connectivity index (χ0) is 13.7. The second-order valence-electron chi connectivity index (χ2n) is 4.19. The molecule has 1 atom stereocenters. The molecular formula is C14H16O5. The molecule has 5 nitrogen and oxygen atoms in total. The zero-order valence-electron chi connectivity index (χ0n) is 10.7. The molecule has 0 radical (unpaired) electrons. The second kappa shape index (κ2) is 6.24. The van der Waals surface area contributed by atoms with E-state index in [2.05, 4.69) is 0 Å². The number of carboxylic acid groups (broad SMARTS) is 1. The second-order valence-corrected chi connectivity index (χ2v) is 4.19. The van der Waals surface area contributed by atoms with E-state index in [0.29, 0.717) is 24.7 Å². The Kier molecular flexibility index (Phi) is 4.41. The molecule has 0 bridgehead atoms. The Morgan fingerprint density at radius 2 is 2.32 bits per heavy atom. The first-order chi connectivity index (χ1) is 9.19. The summed E-state index contributed by atoms with van der Waals surface area (Å²) in [6.45, 7) is 1.27. The molecule has 1 saturated heterocycles. The average Bonchev–Trinajstić information content (AvgIpc) is 2.89. The summed E-state index contributed by atoms with van der Waals surface area (Å²) in [5, 5.41) is 8.62. The van der Waals surface area contributed by atoms with Crippen molar-refractivity contribution in [3.63, 3.8) is 0 Å². The standard InChI is InChI=1S/C14H16O5/c1-17-12-4-2-10(3-5-14(15)16)8-13(12)19-11-6-7-18-9-11/h2-5,8,11H,6-7,9H2,1H3,(H,15,16). The Morgan fingerprint density at radius 1 is 1.47 bits per heavy atom. The lowest BCUT2D eigenvalue weighted by molar-refractivity contribution is -0.131. The van der Waals surface area contributed by atoms with Crippen LogP contribution in [0.25, 0.3) is 6.08 Å². The maximum absolute atomic E-state index is 10.5. The van der Waals surface area contributed by atoms with Crippen molar-refractivity contribution < 1.29 is 24.1 Å². The Hall–Kier alpha value is -2.01. The molecule has 5 heteroatoms. The molecule has 1 aliphatic heterocycles. The number of benzene rings is 1. The quantitative estimate of drug-likeness (QED) is 0.823. The van der Waals surface area contributed by atoms with E-state index in [1.165, 1.54) is 6.08 Å². The van der Waals surface area contributed by atoms with Gasteiger partial charge in [-0.2, -0.15) is 0 Å². The van der Waals surface area contributed by atoms with Crippen molar-refractivity contribution in [1.29, 1.82) is 0 Å². The van der Waals surface area contributed by atoms with Gasteiger partial charge in [0.1, 0.15) is 6.10 Å². The molecule has 1 aliphatic rings. The Bertz CT molecular complexity index is 475. The summed E-state index contributed by atoms with van der Waals surface area (Å²) in [7, 11) is 1.57. The van der Waals surface area contributed by atoms with E-state index in [-0.39, 0.29) is 6.10 Å². The monoisotopic (exact) mass is 264 g/mol. The van der Waals surface area contributed by atoms with Gasteiger partial charge in [0.15, 0.2) is 11.5 Å². The fourth-order valence-electron chi connectivity index (χ4n) is 1.84. The van der Waals surface area contributed by atoms with Crippen molar-refractivity contribution in [2.24, 2.45) is 0 Å². The van der Waals surface area contributed by atoms with Gasteiger partial charge in [0, 0.05) is 12.5 Å². The first-order valence-corrected chi connectivity index (χ1v) is 6.02. The highest BCUT2D eigenvalue weighted by molar-refractivity contribution is 5.85. The lowest BCUT2D eigenvalue weighted by atomic mass is 10.2. The smallest absolute Gasteiger partial charge is 0.328 e. The predicted octanol–water partition coefficient (Wildman–Crippen LogP) is 1.96. The molecule has 0 saturated carbocycles. The molecule has 1 fully saturated rings. The third-order valence-corrected chi connectivity index (χ3v) is 2.79. The minimum Gasteiger partial charge on any atom is -0.493 e. The van der Waals surface area contributed by atoms with Gasteiger partial charge >= 0.3 is 5.97 Å². The van der Waals surface area contributed by atoms with Crippen LogP contribution >= 0.6 is 0 Å². The van der Waals surface area contributed by atoms with Crippen LogP contribution in [0.1, 0.15) is 12.0 Å². The van der Waals surface area contributed by atoms with Crippen molar-refractivity contribution >= 4 is 12.0 Å². The Morgan fingerprint density at radius 3 is 2.95 bits per heavy atom. The van der Waals surface area contributed by atoms with Gasteiger partial charge in [0.25, 0.3) is 0 Å². The zero-order valence-corrected chi connectivity index (χ0v) is 10.7. The van der Waals surface area contributed by atoms with Gasteiger partial charge in [0.2, 0.25) is 0 Å². The summed E-state index contributed by atoms with van der Waals surface area (Å²) in [5.74, 6) is 0.243. The van der Waals surface area contributed by atoms with Crippen molar-refractivity contribution in [2.45, 2.75) is 12.5 Å². The van der Waals surface area contributed by atoms with Gasteiger partial charge in [-0.1, -0.05) is 6.07 Å². The summed E-state index contributed by atoms with van der Waals surface area (Å²) in [4.78, 5) is 10.5. The number of hydrogen-bond donors (Lipinski definition) is 1. The Balaban J connectivity index is 2.17. The summed E-state index contributed by atoms with van der Waals surface area (Å²) >= 11 is 0. The molecule has 0 spiro atoms. The number of aliphatic carboxylic acids is 1. The van der Waals surface area contributed by atoms with Crippen molar-refractivity contribution in [3.8, 4) is 11.5 Å². The molecule has 0 aromatic heterocycles. The topological polar surface area (TPSA) is 65.0 Å². The lowest BCUT2D eigenvalue weighted by Gasteiger charge is -2.15. The van der Waals surface area contributed by atoms with Crippen molar-refractivity contribution in [2.75, 3.05) is 20.3 Å². The van der Waals surface area contributed by atoms with Crippen LogP contribution in [-0.4, -0.2) is 37.5 Å². The van der Waals surface area contributed by atoms with E-state index in [4.69, 9.17) is 19.3 Å².